The van der Waals surface area contributed by atoms with Gasteiger partial charge in [-0.2, -0.15) is 0 Å². The van der Waals surface area contributed by atoms with Crippen molar-refractivity contribution in [2.75, 3.05) is 24.3 Å². The number of rotatable bonds is 3. The van der Waals surface area contributed by atoms with E-state index < -0.39 is 0 Å². The molecule has 2 aromatic heterocycles. The number of carbonyl (C=O) groups excluding carboxylic acids is 1. The molecule has 0 aromatic carbocycles. The Morgan fingerprint density at radius 3 is 2.63 bits per heavy atom. The van der Waals surface area contributed by atoms with Crippen LogP contribution in [0, 0.1) is 0 Å². The Morgan fingerprint density at radius 1 is 1.47 bits per heavy atom. The zero-order valence-corrected chi connectivity index (χ0v) is 12.9. The molecule has 0 saturated heterocycles. The monoisotopic (exact) mass is 318 g/mol. The topological polar surface area (TPSA) is 104 Å². The van der Waals surface area contributed by atoms with Crippen LogP contribution in [-0.4, -0.2) is 29.0 Å². The van der Waals surface area contributed by atoms with Crippen LogP contribution in [0.4, 0.5) is 10.8 Å². The van der Waals surface area contributed by atoms with Gasteiger partial charge in [-0.15, -0.1) is 21.5 Å². The lowest BCUT2D eigenvalue weighted by atomic mass is 10.4. The second-order valence-corrected chi connectivity index (χ2v) is 6.47. The first-order valence-electron chi connectivity index (χ1n) is 5.21. The third-order valence-corrected chi connectivity index (χ3v) is 4.43. The standard InChI is InChI=1S/C6H7NO2S.C4H7N3S2/c1-9-6(8)5-4(7)2-3-10-5;1-2-8-4-7-6-3(5)9-4/h2-3H,7H2,1H3;2H2,1H3,(H2,5,6). The van der Waals surface area contributed by atoms with Crippen LogP contribution in [0.3, 0.4) is 0 Å². The van der Waals surface area contributed by atoms with Crippen LogP contribution >= 0.6 is 34.4 Å². The highest BCUT2D eigenvalue weighted by Crippen LogP contribution is 2.22. The third-order valence-electron chi connectivity index (χ3n) is 1.76. The minimum absolute atomic E-state index is 0.368. The average Bonchev–Trinajstić information content (AvgIpc) is 2.99. The molecule has 19 heavy (non-hydrogen) atoms. The Kier molecular flexibility index (Phi) is 6.60. The van der Waals surface area contributed by atoms with Gasteiger partial charge in [0.2, 0.25) is 5.13 Å². The minimum atomic E-state index is -0.368. The molecule has 2 heterocycles. The normalized spacial score (nSPS) is 9.58. The summed E-state index contributed by atoms with van der Waals surface area (Å²) in [5, 5.41) is 9.77. The molecule has 0 aliphatic rings. The number of anilines is 2. The summed E-state index contributed by atoms with van der Waals surface area (Å²) >= 11 is 4.37. The van der Waals surface area contributed by atoms with Crippen LogP contribution < -0.4 is 11.5 Å². The van der Waals surface area contributed by atoms with Gasteiger partial charge in [-0.05, 0) is 17.2 Å². The van der Waals surface area contributed by atoms with Crippen molar-refractivity contribution in [3.8, 4) is 0 Å². The molecule has 2 aromatic rings. The number of carbonyl (C=O) groups is 1. The van der Waals surface area contributed by atoms with E-state index >= 15 is 0 Å². The van der Waals surface area contributed by atoms with Gasteiger partial charge < -0.3 is 16.2 Å². The summed E-state index contributed by atoms with van der Waals surface area (Å²) in [7, 11) is 1.33. The molecule has 0 atom stereocenters. The van der Waals surface area contributed by atoms with E-state index in [4.69, 9.17) is 11.5 Å². The van der Waals surface area contributed by atoms with E-state index in [9.17, 15) is 4.79 Å². The van der Waals surface area contributed by atoms with Crippen molar-refractivity contribution in [2.45, 2.75) is 11.3 Å². The van der Waals surface area contributed by atoms with E-state index in [1.807, 2.05) is 0 Å². The number of nitrogens with zero attached hydrogens (tertiary/aromatic N) is 2. The van der Waals surface area contributed by atoms with Gasteiger partial charge in [0.15, 0.2) is 4.34 Å². The maximum atomic E-state index is 10.8. The molecule has 4 N–H and O–H groups in total. The summed E-state index contributed by atoms with van der Waals surface area (Å²) < 4.78 is 5.42. The van der Waals surface area contributed by atoms with Crippen LogP contribution in [0.1, 0.15) is 16.6 Å². The molecule has 0 radical (unpaired) electrons. The summed E-state index contributed by atoms with van der Waals surface area (Å²) in [6.07, 6.45) is 0. The zero-order chi connectivity index (χ0) is 14.3. The van der Waals surface area contributed by atoms with Crippen molar-refractivity contribution < 1.29 is 9.53 Å². The molecule has 2 rings (SSSR count). The Bertz CT molecular complexity index is 526. The first-order chi connectivity index (χ1) is 9.08. The Hall–Kier alpha value is -1.32. The van der Waals surface area contributed by atoms with Gasteiger partial charge in [-0.1, -0.05) is 30.0 Å². The highest BCUT2D eigenvalue weighted by molar-refractivity contribution is 8.01. The number of thiophene rings is 1. The zero-order valence-electron chi connectivity index (χ0n) is 10.5. The van der Waals surface area contributed by atoms with Crippen LogP contribution in [0.5, 0.6) is 0 Å². The third kappa shape index (κ3) is 5.05. The first kappa shape index (κ1) is 15.7. The van der Waals surface area contributed by atoms with E-state index in [0.29, 0.717) is 15.7 Å². The molecule has 0 unspecified atom stereocenters. The van der Waals surface area contributed by atoms with Gasteiger partial charge >= 0.3 is 5.97 Å². The van der Waals surface area contributed by atoms with Crippen molar-refractivity contribution >= 4 is 51.2 Å². The van der Waals surface area contributed by atoms with Crippen molar-refractivity contribution in [1.82, 2.24) is 10.2 Å². The number of nitrogens with two attached hydrogens (primary N) is 2. The van der Waals surface area contributed by atoms with E-state index in [2.05, 4.69) is 21.9 Å². The fourth-order valence-corrected chi connectivity index (χ4v) is 3.25. The van der Waals surface area contributed by atoms with Crippen LogP contribution in [0.2, 0.25) is 0 Å². The molecule has 0 saturated carbocycles. The van der Waals surface area contributed by atoms with Gasteiger partial charge in [0.1, 0.15) is 4.88 Å². The minimum Gasteiger partial charge on any atom is -0.465 e. The molecule has 0 spiro atoms. The highest BCUT2D eigenvalue weighted by atomic mass is 32.2. The van der Waals surface area contributed by atoms with E-state index in [-0.39, 0.29) is 5.97 Å². The highest BCUT2D eigenvalue weighted by Gasteiger charge is 2.09. The average molecular weight is 318 g/mol. The summed E-state index contributed by atoms with van der Waals surface area (Å²) in [4.78, 5) is 11.3. The van der Waals surface area contributed by atoms with Gasteiger partial charge in [0.05, 0.1) is 12.8 Å². The lowest BCUT2D eigenvalue weighted by Gasteiger charge is -1.94. The summed E-state index contributed by atoms with van der Waals surface area (Å²) in [5.41, 5.74) is 11.3. The summed E-state index contributed by atoms with van der Waals surface area (Å²) in [6.45, 7) is 2.07. The maximum Gasteiger partial charge on any atom is 0.350 e. The van der Waals surface area contributed by atoms with Crippen molar-refractivity contribution in [3.05, 3.63) is 16.3 Å². The molecular formula is C10H14N4O2S3. The van der Waals surface area contributed by atoms with Crippen LogP contribution in [-0.2, 0) is 4.74 Å². The van der Waals surface area contributed by atoms with Gasteiger partial charge in [-0.3, -0.25) is 0 Å². The second-order valence-electron chi connectivity index (χ2n) is 3.04. The molecule has 0 bridgehead atoms. The number of ether oxygens (including phenoxy) is 1. The SMILES string of the molecule is CCSc1nnc(N)s1.COC(=O)c1sccc1N. The number of esters is 1. The van der Waals surface area contributed by atoms with Crippen molar-refractivity contribution in [2.24, 2.45) is 0 Å². The fourth-order valence-electron chi connectivity index (χ4n) is 0.980. The smallest absolute Gasteiger partial charge is 0.350 e. The lowest BCUT2D eigenvalue weighted by Crippen LogP contribution is -2.00. The fraction of sp³-hybridized carbons (Fsp3) is 0.300. The van der Waals surface area contributed by atoms with E-state index in [1.165, 1.54) is 29.8 Å². The van der Waals surface area contributed by atoms with Gasteiger partial charge in [0.25, 0.3) is 0 Å². The lowest BCUT2D eigenvalue weighted by molar-refractivity contribution is 0.0607. The maximum absolute atomic E-state index is 10.8. The van der Waals surface area contributed by atoms with Crippen LogP contribution in [0.15, 0.2) is 15.8 Å². The molecular weight excluding hydrogens is 304 g/mol. The molecule has 0 aliphatic carbocycles. The summed E-state index contributed by atoms with van der Waals surface area (Å²) in [6, 6.07) is 1.68. The van der Waals surface area contributed by atoms with Crippen molar-refractivity contribution in [1.29, 1.82) is 0 Å². The molecule has 6 nitrogen and oxygen atoms in total. The molecule has 9 heteroatoms. The predicted octanol–water partition coefficient (Wildman–Crippen LogP) is 2.35. The Labute approximate surface area is 123 Å². The van der Waals surface area contributed by atoms with Gasteiger partial charge in [0, 0.05) is 0 Å². The number of hydrogen-bond donors (Lipinski definition) is 2. The van der Waals surface area contributed by atoms with Crippen LogP contribution in [0.25, 0.3) is 0 Å². The molecule has 0 amide bonds. The Balaban J connectivity index is 0.000000191. The first-order valence-corrected chi connectivity index (χ1v) is 7.89. The number of methoxy groups -OCH3 is 1. The van der Waals surface area contributed by atoms with Gasteiger partial charge in [-0.25, -0.2) is 4.79 Å². The quantitative estimate of drug-likeness (QED) is 0.661. The number of nitrogen functional groups attached to an aromatic ring is 2. The predicted molar refractivity (Wildman–Crippen MR) is 80.8 cm³/mol. The molecule has 0 fully saturated rings. The van der Waals surface area contributed by atoms with E-state index in [1.54, 1.807) is 23.2 Å². The molecule has 104 valence electrons. The number of hydrogen-bond acceptors (Lipinski definition) is 9. The summed E-state index contributed by atoms with van der Waals surface area (Å²) in [5.74, 6) is 0.654. The van der Waals surface area contributed by atoms with E-state index in [0.717, 1.165) is 10.1 Å². The number of thioether (sulfide) groups is 1. The largest absolute Gasteiger partial charge is 0.465 e. The second kappa shape index (κ2) is 7.97. The Morgan fingerprint density at radius 2 is 2.21 bits per heavy atom. The number of aromatic nitrogens is 2. The van der Waals surface area contributed by atoms with Crippen molar-refractivity contribution in [3.63, 3.8) is 0 Å². The molecule has 0 aliphatic heterocycles.